The topological polar surface area (TPSA) is 41.6 Å². The standard InChI is InChI=1S/C17H22BrFN2O2/c1-12(13(2)21-7-9-23-10-8-21)20-17(22)6-3-14-11-15(18)4-5-16(14)19/h3-6,11-13H,7-10H2,1-2H3,(H,20,22)/b6-3+. The smallest absolute Gasteiger partial charge is 0.244 e. The van der Waals surface area contributed by atoms with E-state index in [-0.39, 0.29) is 23.8 Å². The number of carbonyl (C=O) groups excluding carboxylic acids is 1. The van der Waals surface area contributed by atoms with E-state index in [2.05, 4.69) is 33.1 Å². The molecule has 4 nitrogen and oxygen atoms in total. The van der Waals surface area contributed by atoms with Crippen molar-refractivity contribution >= 4 is 27.9 Å². The number of hydrogen-bond donors (Lipinski definition) is 1. The molecule has 1 aliphatic rings. The lowest BCUT2D eigenvalue weighted by Gasteiger charge is -2.35. The van der Waals surface area contributed by atoms with E-state index in [0.717, 1.165) is 30.8 Å². The molecule has 0 saturated carbocycles. The second-order valence-electron chi connectivity index (χ2n) is 5.69. The lowest BCUT2D eigenvalue weighted by Crippen LogP contribution is -2.51. The molecule has 2 atom stereocenters. The highest BCUT2D eigenvalue weighted by molar-refractivity contribution is 9.10. The van der Waals surface area contributed by atoms with E-state index in [4.69, 9.17) is 4.74 Å². The van der Waals surface area contributed by atoms with Crippen molar-refractivity contribution in [3.05, 3.63) is 40.1 Å². The normalized spacial score (nSPS) is 18.8. The SMILES string of the molecule is CC(NC(=O)/C=C/c1cc(Br)ccc1F)C(C)N1CCOCC1. The molecule has 126 valence electrons. The Kier molecular flexibility index (Phi) is 6.74. The van der Waals surface area contributed by atoms with Gasteiger partial charge in [-0.05, 0) is 38.1 Å². The fraction of sp³-hybridized carbons (Fsp3) is 0.471. The molecular weight excluding hydrogens is 363 g/mol. The number of nitrogens with zero attached hydrogens (tertiary/aromatic N) is 1. The van der Waals surface area contributed by atoms with Gasteiger partial charge in [0, 0.05) is 41.3 Å². The van der Waals surface area contributed by atoms with E-state index in [1.54, 1.807) is 12.1 Å². The number of hydrogen-bond acceptors (Lipinski definition) is 3. The third-order valence-corrected chi connectivity index (χ3v) is 4.58. The summed E-state index contributed by atoms with van der Waals surface area (Å²) in [4.78, 5) is 14.3. The average Bonchev–Trinajstić information content (AvgIpc) is 2.55. The molecule has 1 aromatic carbocycles. The molecule has 6 heteroatoms. The Morgan fingerprint density at radius 2 is 2.09 bits per heavy atom. The zero-order chi connectivity index (χ0) is 16.8. The molecule has 1 N–H and O–H groups in total. The van der Waals surface area contributed by atoms with Crippen molar-refractivity contribution in [1.29, 1.82) is 0 Å². The van der Waals surface area contributed by atoms with Gasteiger partial charge < -0.3 is 10.1 Å². The zero-order valence-electron chi connectivity index (χ0n) is 13.4. The number of halogens is 2. The summed E-state index contributed by atoms with van der Waals surface area (Å²) in [7, 11) is 0. The molecule has 1 amide bonds. The Hall–Kier alpha value is -1.24. The molecule has 23 heavy (non-hydrogen) atoms. The molecule has 1 heterocycles. The Labute approximate surface area is 144 Å². The summed E-state index contributed by atoms with van der Waals surface area (Å²) in [6.45, 7) is 7.28. The van der Waals surface area contributed by atoms with E-state index < -0.39 is 0 Å². The van der Waals surface area contributed by atoms with Crippen LogP contribution in [-0.2, 0) is 9.53 Å². The zero-order valence-corrected chi connectivity index (χ0v) is 15.0. The first-order valence-electron chi connectivity index (χ1n) is 7.73. The van der Waals surface area contributed by atoms with Crippen LogP contribution < -0.4 is 5.32 Å². The molecule has 0 bridgehead atoms. The lowest BCUT2D eigenvalue weighted by atomic mass is 10.1. The van der Waals surface area contributed by atoms with E-state index in [9.17, 15) is 9.18 Å². The van der Waals surface area contributed by atoms with Crippen molar-refractivity contribution in [1.82, 2.24) is 10.2 Å². The fourth-order valence-electron chi connectivity index (χ4n) is 2.50. The summed E-state index contributed by atoms with van der Waals surface area (Å²) in [5, 5.41) is 2.94. The van der Waals surface area contributed by atoms with Crippen LogP contribution in [-0.4, -0.2) is 49.2 Å². The number of carbonyl (C=O) groups is 1. The third-order valence-electron chi connectivity index (χ3n) is 4.09. The Balaban J connectivity index is 1.90. The second-order valence-corrected chi connectivity index (χ2v) is 6.60. The highest BCUT2D eigenvalue weighted by atomic mass is 79.9. The van der Waals surface area contributed by atoms with Gasteiger partial charge in [-0.3, -0.25) is 9.69 Å². The van der Waals surface area contributed by atoms with Gasteiger partial charge in [-0.25, -0.2) is 4.39 Å². The van der Waals surface area contributed by atoms with Gasteiger partial charge in [-0.1, -0.05) is 15.9 Å². The lowest BCUT2D eigenvalue weighted by molar-refractivity contribution is -0.117. The van der Waals surface area contributed by atoms with Crippen LogP contribution in [0.4, 0.5) is 4.39 Å². The van der Waals surface area contributed by atoms with E-state index in [1.807, 2.05) is 6.92 Å². The predicted octanol–water partition coefficient (Wildman–Crippen LogP) is 2.83. The minimum absolute atomic E-state index is 0.00222. The number of morpholine rings is 1. The van der Waals surface area contributed by atoms with Crippen LogP contribution in [0.15, 0.2) is 28.7 Å². The minimum atomic E-state index is -0.355. The molecule has 0 radical (unpaired) electrons. The predicted molar refractivity (Wildman–Crippen MR) is 92.6 cm³/mol. The number of rotatable bonds is 5. The molecule has 0 spiro atoms. The van der Waals surface area contributed by atoms with Gasteiger partial charge in [0.25, 0.3) is 0 Å². The highest BCUT2D eigenvalue weighted by Gasteiger charge is 2.22. The summed E-state index contributed by atoms with van der Waals surface area (Å²) in [5.41, 5.74) is 0.378. The molecule has 2 rings (SSSR count). The Morgan fingerprint density at radius 3 is 2.78 bits per heavy atom. The highest BCUT2D eigenvalue weighted by Crippen LogP contribution is 2.16. The maximum Gasteiger partial charge on any atom is 0.244 e. The van der Waals surface area contributed by atoms with Gasteiger partial charge in [0.05, 0.1) is 13.2 Å². The third kappa shape index (κ3) is 5.41. The fourth-order valence-corrected chi connectivity index (χ4v) is 2.88. The van der Waals surface area contributed by atoms with Crippen LogP contribution in [0.3, 0.4) is 0 Å². The summed E-state index contributed by atoms with van der Waals surface area (Å²) < 4.78 is 19.7. The molecular formula is C17H22BrFN2O2. The summed E-state index contributed by atoms with van der Waals surface area (Å²) in [5.74, 6) is -0.580. The van der Waals surface area contributed by atoms with Crippen LogP contribution in [0.1, 0.15) is 19.4 Å². The van der Waals surface area contributed by atoms with Gasteiger partial charge in [0.1, 0.15) is 5.82 Å². The van der Waals surface area contributed by atoms with Crippen molar-refractivity contribution < 1.29 is 13.9 Å². The number of amides is 1. The first kappa shape index (κ1) is 18.1. The van der Waals surface area contributed by atoms with Crippen LogP contribution in [0.25, 0.3) is 6.08 Å². The van der Waals surface area contributed by atoms with E-state index in [1.165, 1.54) is 18.2 Å². The number of ether oxygens (including phenoxy) is 1. The molecule has 0 aliphatic carbocycles. The quantitative estimate of drug-likeness (QED) is 0.793. The van der Waals surface area contributed by atoms with E-state index in [0.29, 0.717) is 5.56 Å². The maximum atomic E-state index is 13.6. The number of nitrogens with one attached hydrogen (secondary N) is 1. The molecule has 2 unspecified atom stereocenters. The van der Waals surface area contributed by atoms with Gasteiger partial charge in [-0.15, -0.1) is 0 Å². The molecule has 1 fully saturated rings. The van der Waals surface area contributed by atoms with Crippen molar-refractivity contribution in [3.63, 3.8) is 0 Å². The van der Waals surface area contributed by atoms with Gasteiger partial charge in [0.2, 0.25) is 5.91 Å². The van der Waals surface area contributed by atoms with Crippen LogP contribution in [0.2, 0.25) is 0 Å². The molecule has 0 aromatic heterocycles. The Bertz CT molecular complexity index is 574. The number of benzene rings is 1. The van der Waals surface area contributed by atoms with Crippen LogP contribution in [0, 0.1) is 5.82 Å². The largest absolute Gasteiger partial charge is 0.379 e. The molecule has 1 saturated heterocycles. The van der Waals surface area contributed by atoms with Crippen molar-refractivity contribution in [2.45, 2.75) is 25.9 Å². The molecule has 1 aromatic rings. The first-order valence-corrected chi connectivity index (χ1v) is 8.52. The molecule has 1 aliphatic heterocycles. The average molecular weight is 385 g/mol. The Morgan fingerprint density at radius 1 is 1.39 bits per heavy atom. The van der Waals surface area contributed by atoms with Gasteiger partial charge >= 0.3 is 0 Å². The summed E-state index contributed by atoms with van der Waals surface area (Å²) in [6, 6.07) is 4.85. The van der Waals surface area contributed by atoms with Crippen molar-refractivity contribution in [2.75, 3.05) is 26.3 Å². The second kappa shape index (κ2) is 8.57. The van der Waals surface area contributed by atoms with Crippen LogP contribution >= 0.6 is 15.9 Å². The van der Waals surface area contributed by atoms with Crippen molar-refractivity contribution in [3.8, 4) is 0 Å². The van der Waals surface area contributed by atoms with E-state index >= 15 is 0 Å². The van der Waals surface area contributed by atoms with Crippen LogP contribution in [0.5, 0.6) is 0 Å². The first-order chi connectivity index (χ1) is 11.0. The summed E-state index contributed by atoms with van der Waals surface area (Å²) >= 11 is 3.29. The minimum Gasteiger partial charge on any atom is -0.379 e. The van der Waals surface area contributed by atoms with Crippen molar-refractivity contribution in [2.24, 2.45) is 0 Å². The maximum absolute atomic E-state index is 13.6. The van der Waals surface area contributed by atoms with Gasteiger partial charge in [0.15, 0.2) is 0 Å². The monoisotopic (exact) mass is 384 g/mol. The summed E-state index contributed by atoms with van der Waals surface area (Å²) in [6.07, 6.45) is 2.86. The van der Waals surface area contributed by atoms with Gasteiger partial charge in [-0.2, -0.15) is 0 Å².